The summed E-state index contributed by atoms with van der Waals surface area (Å²) < 4.78 is 92.3. The Morgan fingerprint density at radius 1 is 1.00 bits per heavy atom. The highest BCUT2D eigenvalue weighted by Crippen LogP contribution is 2.39. The molecule has 1 amide bonds. The van der Waals surface area contributed by atoms with Gasteiger partial charge in [-0.2, -0.15) is 26.3 Å². The molecule has 0 bridgehead atoms. The van der Waals surface area contributed by atoms with Crippen molar-refractivity contribution in [3.05, 3.63) is 64.5 Å². The number of nitrogens with one attached hydrogen (secondary N) is 1. The summed E-state index contributed by atoms with van der Waals surface area (Å²) in [6, 6.07) is 7.43. The van der Waals surface area contributed by atoms with Crippen molar-refractivity contribution in [3.63, 3.8) is 0 Å². The van der Waals surface area contributed by atoms with Gasteiger partial charge in [-0.25, -0.2) is 4.39 Å². The Morgan fingerprint density at radius 2 is 1.70 bits per heavy atom. The molecule has 0 aromatic heterocycles. The van der Waals surface area contributed by atoms with Crippen molar-refractivity contribution in [3.8, 4) is 0 Å². The lowest BCUT2D eigenvalue weighted by atomic mass is 9.96. The lowest BCUT2D eigenvalue weighted by Gasteiger charge is -2.22. The van der Waals surface area contributed by atoms with Crippen molar-refractivity contribution in [2.24, 2.45) is 0 Å². The molecule has 30 heavy (non-hydrogen) atoms. The van der Waals surface area contributed by atoms with E-state index in [-0.39, 0.29) is 43.7 Å². The zero-order valence-electron chi connectivity index (χ0n) is 15.5. The Bertz CT molecular complexity index is 938. The molecular formula is C20H17F7N2O. The first-order valence-electron chi connectivity index (χ1n) is 9.03. The molecule has 0 saturated heterocycles. The minimum atomic E-state index is -5.05. The summed E-state index contributed by atoms with van der Waals surface area (Å²) in [7, 11) is 0. The SMILES string of the molecule is O=C(N1CCc2ccc(C(F)(F)F)c(NCc3cccc(F)c3)c2CC1)C(F)(F)F. The number of hydrogen-bond donors (Lipinski definition) is 1. The smallest absolute Gasteiger partial charge is 0.380 e. The number of hydrogen-bond acceptors (Lipinski definition) is 2. The van der Waals surface area contributed by atoms with E-state index in [1.807, 2.05) is 0 Å². The highest BCUT2D eigenvalue weighted by molar-refractivity contribution is 5.82. The Labute approximate surface area is 167 Å². The van der Waals surface area contributed by atoms with Crippen LogP contribution in [-0.2, 0) is 30.4 Å². The lowest BCUT2D eigenvalue weighted by Crippen LogP contribution is -2.42. The molecule has 1 heterocycles. The third-order valence-corrected chi connectivity index (χ3v) is 4.89. The van der Waals surface area contributed by atoms with Crippen LogP contribution in [0, 0.1) is 5.82 Å². The molecular weight excluding hydrogens is 417 g/mol. The second-order valence-corrected chi connectivity index (χ2v) is 6.90. The Hall–Kier alpha value is -2.78. The number of nitrogens with zero attached hydrogens (tertiary/aromatic N) is 1. The van der Waals surface area contributed by atoms with Gasteiger partial charge in [-0.1, -0.05) is 18.2 Å². The van der Waals surface area contributed by atoms with Crippen molar-refractivity contribution in [2.75, 3.05) is 18.4 Å². The van der Waals surface area contributed by atoms with Crippen LogP contribution in [0.15, 0.2) is 36.4 Å². The molecule has 10 heteroatoms. The van der Waals surface area contributed by atoms with E-state index in [0.717, 1.165) is 6.07 Å². The molecule has 0 fully saturated rings. The van der Waals surface area contributed by atoms with Gasteiger partial charge in [-0.15, -0.1) is 0 Å². The van der Waals surface area contributed by atoms with Crippen LogP contribution >= 0.6 is 0 Å². The van der Waals surface area contributed by atoms with E-state index in [9.17, 15) is 35.5 Å². The molecule has 1 aliphatic rings. The Kier molecular flexibility index (Phi) is 5.96. The Balaban J connectivity index is 1.93. The molecule has 1 aliphatic heterocycles. The summed E-state index contributed by atoms with van der Waals surface area (Å²) in [5.41, 5.74) is -0.178. The summed E-state index contributed by atoms with van der Waals surface area (Å²) >= 11 is 0. The third-order valence-electron chi connectivity index (χ3n) is 4.89. The quantitative estimate of drug-likeness (QED) is 0.694. The van der Waals surface area contributed by atoms with Crippen LogP contribution in [-0.4, -0.2) is 30.1 Å². The topological polar surface area (TPSA) is 32.3 Å². The predicted octanol–water partition coefficient (Wildman–Crippen LogP) is 4.95. The van der Waals surface area contributed by atoms with Crippen LogP contribution in [0.3, 0.4) is 0 Å². The minimum Gasteiger partial charge on any atom is -0.380 e. The first-order chi connectivity index (χ1) is 14.0. The number of carbonyl (C=O) groups is 1. The zero-order valence-corrected chi connectivity index (χ0v) is 15.5. The maximum absolute atomic E-state index is 13.6. The number of alkyl halides is 6. The molecule has 3 rings (SSSR count). The lowest BCUT2D eigenvalue weighted by molar-refractivity contribution is -0.185. The molecule has 0 spiro atoms. The van der Waals surface area contributed by atoms with E-state index in [2.05, 4.69) is 5.32 Å². The molecule has 0 radical (unpaired) electrons. The summed E-state index contributed by atoms with van der Waals surface area (Å²) in [6.07, 6.45) is -9.93. The van der Waals surface area contributed by atoms with Gasteiger partial charge in [0.1, 0.15) is 5.82 Å². The van der Waals surface area contributed by atoms with Gasteiger partial charge < -0.3 is 10.2 Å². The molecule has 3 nitrogen and oxygen atoms in total. The number of rotatable bonds is 3. The number of anilines is 1. The van der Waals surface area contributed by atoms with Crippen LogP contribution < -0.4 is 5.32 Å². The van der Waals surface area contributed by atoms with Gasteiger partial charge in [0, 0.05) is 19.6 Å². The highest BCUT2D eigenvalue weighted by atomic mass is 19.4. The molecule has 1 N–H and O–H groups in total. The third kappa shape index (κ3) is 4.85. The highest BCUT2D eigenvalue weighted by Gasteiger charge is 2.43. The fourth-order valence-corrected chi connectivity index (χ4v) is 3.48. The van der Waals surface area contributed by atoms with Gasteiger partial charge in [-0.05, 0) is 47.7 Å². The van der Waals surface area contributed by atoms with E-state index in [1.54, 1.807) is 0 Å². The first-order valence-corrected chi connectivity index (χ1v) is 9.03. The van der Waals surface area contributed by atoms with Crippen molar-refractivity contribution >= 4 is 11.6 Å². The Morgan fingerprint density at radius 3 is 2.33 bits per heavy atom. The molecule has 0 atom stereocenters. The zero-order chi connectivity index (χ0) is 22.1. The van der Waals surface area contributed by atoms with Crippen LogP contribution in [0.25, 0.3) is 0 Å². The first kappa shape index (κ1) is 21.9. The van der Waals surface area contributed by atoms with E-state index in [0.29, 0.717) is 16.0 Å². The maximum atomic E-state index is 13.6. The molecule has 0 unspecified atom stereocenters. The standard InChI is InChI=1S/C20H17F7N2O/c21-14-3-1-2-12(10-14)11-28-17-15-7-9-29(18(30)20(25,26)27)8-6-13(15)4-5-16(17)19(22,23)24/h1-5,10,28H,6-9,11H2. The summed E-state index contributed by atoms with van der Waals surface area (Å²) in [5, 5.41) is 2.68. The molecule has 0 saturated carbocycles. The van der Waals surface area contributed by atoms with Crippen molar-refractivity contribution < 1.29 is 35.5 Å². The van der Waals surface area contributed by atoms with Gasteiger partial charge in [0.15, 0.2) is 0 Å². The van der Waals surface area contributed by atoms with Gasteiger partial charge in [-0.3, -0.25) is 4.79 Å². The van der Waals surface area contributed by atoms with Gasteiger partial charge >= 0.3 is 18.3 Å². The second-order valence-electron chi connectivity index (χ2n) is 6.90. The fraction of sp³-hybridized carbons (Fsp3) is 0.350. The average Bonchev–Trinajstić information content (AvgIpc) is 2.86. The van der Waals surface area contributed by atoms with Crippen LogP contribution in [0.1, 0.15) is 22.3 Å². The van der Waals surface area contributed by atoms with E-state index in [4.69, 9.17) is 0 Å². The van der Waals surface area contributed by atoms with Crippen molar-refractivity contribution in [1.29, 1.82) is 0 Å². The van der Waals surface area contributed by atoms with Crippen LogP contribution in [0.2, 0.25) is 0 Å². The van der Waals surface area contributed by atoms with E-state index in [1.165, 1.54) is 30.3 Å². The minimum absolute atomic E-state index is 0.00998. The van der Waals surface area contributed by atoms with Crippen molar-refractivity contribution in [2.45, 2.75) is 31.7 Å². The summed E-state index contributed by atoms with van der Waals surface area (Å²) in [4.78, 5) is 12.1. The van der Waals surface area contributed by atoms with Gasteiger partial charge in [0.2, 0.25) is 0 Å². The van der Waals surface area contributed by atoms with E-state index < -0.39 is 29.6 Å². The van der Waals surface area contributed by atoms with Crippen LogP contribution in [0.5, 0.6) is 0 Å². The van der Waals surface area contributed by atoms with E-state index >= 15 is 0 Å². The second kappa shape index (κ2) is 8.16. The number of halogens is 7. The number of benzene rings is 2. The molecule has 0 aliphatic carbocycles. The number of fused-ring (bicyclic) bond motifs is 1. The molecule has 2 aromatic rings. The average molecular weight is 434 g/mol. The largest absolute Gasteiger partial charge is 0.471 e. The summed E-state index contributed by atoms with van der Waals surface area (Å²) in [6.45, 7) is -0.718. The normalized spacial score (nSPS) is 14.8. The molecule has 162 valence electrons. The maximum Gasteiger partial charge on any atom is 0.471 e. The number of amides is 1. The predicted molar refractivity (Wildman–Crippen MR) is 95.2 cm³/mol. The monoisotopic (exact) mass is 434 g/mol. The van der Waals surface area contributed by atoms with Gasteiger partial charge in [0.05, 0.1) is 11.3 Å². The summed E-state index contributed by atoms with van der Waals surface area (Å²) in [5.74, 6) is -2.56. The number of carbonyl (C=O) groups excluding carboxylic acids is 1. The van der Waals surface area contributed by atoms with Gasteiger partial charge in [0.25, 0.3) is 0 Å². The van der Waals surface area contributed by atoms with Crippen molar-refractivity contribution in [1.82, 2.24) is 4.90 Å². The molecule has 2 aromatic carbocycles. The fourth-order valence-electron chi connectivity index (χ4n) is 3.48. The van der Waals surface area contributed by atoms with Crippen LogP contribution in [0.4, 0.5) is 36.4 Å².